The molecule has 0 saturated carbocycles. The lowest BCUT2D eigenvalue weighted by Crippen LogP contribution is -2.21. The van der Waals surface area contributed by atoms with Gasteiger partial charge in [0.05, 0.1) is 5.69 Å². The number of benzene rings is 1. The molecule has 0 amide bonds. The molecular formula is C14H19N5S. The first-order chi connectivity index (χ1) is 9.93. The Morgan fingerprint density at radius 1 is 1.30 bits per heavy atom. The van der Waals surface area contributed by atoms with Crippen LogP contribution >= 0.6 is 11.8 Å². The molecule has 1 unspecified atom stereocenters. The highest BCUT2D eigenvalue weighted by Crippen LogP contribution is 2.20. The molecule has 1 aliphatic rings. The number of hydrogen-bond acceptors (Lipinski definition) is 5. The predicted molar refractivity (Wildman–Crippen MR) is 80.1 cm³/mol. The van der Waals surface area contributed by atoms with Gasteiger partial charge in [-0.15, -0.1) is 5.10 Å². The lowest BCUT2D eigenvalue weighted by atomic mass is 10.1. The second-order valence-corrected chi connectivity index (χ2v) is 6.05. The molecule has 3 rings (SSSR count). The standard InChI is InChI=1S/C14H19N5S/c1-2-8-13(9-3-1)19-14(16-17-18-19)20-11-5-7-12-6-4-10-15-12/h1-3,8-9,12,15H,4-7,10-11H2. The summed E-state index contributed by atoms with van der Waals surface area (Å²) in [5.74, 6) is 1.06. The number of hydrogen-bond donors (Lipinski definition) is 1. The van der Waals surface area contributed by atoms with E-state index >= 15 is 0 Å². The average Bonchev–Trinajstić information content (AvgIpc) is 3.16. The summed E-state index contributed by atoms with van der Waals surface area (Å²) >= 11 is 1.73. The summed E-state index contributed by atoms with van der Waals surface area (Å²) < 4.78 is 1.80. The average molecular weight is 289 g/mol. The fourth-order valence-corrected chi connectivity index (χ4v) is 3.35. The quantitative estimate of drug-likeness (QED) is 0.653. The van der Waals surface area contributed by atoms with Crippen LogP contribution in [0.1, 0.15) is 25.7 Å². The van der Waals surface area contributed by atoms with Crippen LogP contribution in [-0.4, -0.2) is 38.5 Å². The van der Waals surface area contributed by atoms with Gasteiger partial charge < -0.3 is 5.32 Å². The highest BCUT2D eigenvalue weighted by Gasteiger charge is 2.14. The van der Waals surface area contributed by atoms with Crippen LogP contribution in [0.5, 0.6) is 0 Å². The van der Waals surface area contributed by atoms with Crippen LogP contribution < -0.4 is 5.32 Å². The molecule has 1 atom stereocenters. The Hall–Kier alpha value is -1.40. The zero-order chi connectivity index (χ0) is 13.6. The van der Waals surface area contributed by atoms with Crippen molar-refractivity contribution >= 4 is 11.8 Å². The molecule has 1 aromatic carbocycles. The van der Waals surface area contributed by atoms with Crippen molar-refractivity contribution in [1.29, 1.82) is 0 Å². The van der Waals surface area contributed by atoms with Crippen LogP contribution in [0.15, 0.2) is 35.5 Å². The second-order valence-electron chi connectivity index (χ2n) is 4.99. The first-order valence-electron chi connectivity index (χ1n) is 7.13. The molecule has 5 nitrogen and oxygen atoms in total. The van der Waals surface area contributed by atoms with E-state index in [2.05, 4.69) is 20.8 Å². The van der Waals surface area contributed by atoms with Crippen LogP contribution in [0.25, 0.3) is 5.69 Å². The van der Waals surface area contributed by atoms with Gasteiger partial charge in [0, 0.05) is 11.8 Å². The van der Waals surface area contributed by atoms with Crippen LogP contribution in [0, 0.1) is 0 Å². The van der Waals surface area contributed by atoms with Gasteiger partial charge in [0.25, 0.3) is 0 Å². The van der Waals surface area contributed by atoms with Crippen LogP contribution in [0.3, 0.4) is 0 Å². The minimum atomic E-state index is 0.723. The van der Waals surface area contributed by atoms with Gasteiger partial charge in [-0.25, -0.2) is 0 Å². The number of thioether (sulfide) groups is 1. The second kappa shape index (κ2) is 6.85. The summed E-state index contributed by atoms with van der Waals surface area (Å²) in [5.41, 5.74) is 1.01. The maximum Gasteiger partial charge on any atom is 0.214 e. The summed E-state index contributed by atoms with van der Waals surface area (Å²) in [4.78, 5) is 0. The van der Waals surface area contributed by atoms with E-state index in [9.17, 15) is 0 Å². The van der Waals surface area contributed by atoms with Gasteiger partial charge in [0.15, 0.2) is 0 Å². The topological polar surface area (TPSA) is 55.6 Å². The van der Waals surface area contributed by atoms with E-state index in [-0.39, 0.29) is 0 Å². The number of tetrazole rings is 1. The summed E-state index contributed by atoms with van der Waals surface area (Å²) in [6.45, 7) is 1.18. The highest BCUT2D eigenvalue weighted by atomic mass is 32.2. The molecule has 1 aromatic heterocycles. The molecule has 20 heavy (non-hydrogen) atoms. The van der Waals surface area contributed by atoms with Gasteiger partial charge in [0.1, 0.15) is 0 Å². The van der Waals surface area contributed by atoms with Gasteiger partial charge >= 0.3 is 0 Å². The summed E-state index contributed by atoms with van der Waals surface area (Å²) in [6.07, 6.45) is 5.10. The molecule has 0 radical (unpaired) electrons. The van der Waals surface area contributed by atoms with Gasteiger partial charge in [-0.1, -0.05) is 30.0 Å². The van der Waals surface area contributed by atoms with Gasteiger partial charge in [-0.05, 0) is 54.8 Å². The fourth-order valence-electron chi connectivity index (χ4n) is 2.50. The van der Waals surface area contributed by atoms with Crippen molar-refractivity contribution in [2.24, 2.45) is 0 Å². The Morgan fingerprint density at radius 3 is 3.00 bits per heavy atom. The van der Waals surface area contributed by atoms with E-state index in [0.29, 0.717) is 0 Å². The van der Waals surface area contributed by atoms with E-state index in [4.69, 9.17) is 0 Å². The third kappa shape index (κ3) is 3.37. The highest BCUT2D eigenvalue weighted by molar-refractivity contribution is 7.99. The molecule has 1 fully saturated rings. The van der Waals surface area contributed by atoms with Crippen molar-refractivity contribution in [3.63, 3.8) is 0 Å². The molecule has 0 bridgehead atoms. The largest absolute Gasteiger partial charge is 0.314 e. The summed E-state index contributed by atoms with van der Waals surface area (Å²) in [7, 11) is 0. The number of para-hydroxylation sites is 1. The monoisotopic (exact) mass is 289 g/mol. The van der Waals surface area contributed by atoms with Gasteiger partial charge in [-0.3, -0.25) is 0 Å². The minimum Gasteiger partial charge on any atom is -0.314 e. The molecule has 1 aliphatic heterocycles. The van der Waals surface area contributed by atoms with E-state index in [1.54, 1.807) is 16.4 Å². The molecule has 2 heterocycles. The van der Waals surface area contributed by atoms with Crippen molar-refractivity contribution in [2.45, 2.75) is 36.9 Å². The maximum atomic E-state index is 4.11. The number of aromatic nitrogens is 4. The van der Waals surface area contributed by atoms with Crippen LogP contribution in [0.2, 0.25) is 0 Å². The molecular weight excluding hydrogens is 270 g/mol. The zero-order valence-electron chi connectivity index (χ0n) is 11.4. The maximum absolute atomic E-state index is 4.11. The molecule has 1 N–H and O–H groups in total. The first-order valence-corrected chi connectivity index (χ1v) is 8.12. The summed E-state index contributed by atoms with van der Waals surface area (Å²) in [6, 6.07) is 10.7. The molecule has 6 heteroatoms. The van der Waals surface area contributed by atoms with E-state index < -0.39 is 0 Å². The van der Waals surface area contributed by atoms with Gasteiger partial charge in [-0.2, -0.15) is 4.68 Å². The number of rotatable bonds is 6. The Bertz CT molecular complexity index is 521. The van der Waals surface area contributed by atoms with Crippen molar-refractivity contribution in [3.8, 4) is 5.69 Å². The SMILES string of the molecule is c1ccc(-n2nnnc2SCCCC2CCCN2)cc1. The van der Waals surface area contributed by atoms with Crippen molar-refractivity contribution in [3.05, 3.63) is 30.3 Å². The lowest BCUT2D eigenvalue weighted by Gasteiger charge is -2.09. The third-order valence-corrected chi connectivity index (χ3v) is 4.54. The van der Waals surface area contributed by atoms with E-state index in [0.717, 1.165) is 22.6 Å². The smallest absolute Gasteiger partial charge is 0.214 e. The van der Waals surface area contributed by atoms with Crippen molar-refractivity contribution < 1.29 is 0 Å². The van der Waals surface area contributed by atoms with Crippen molar-refractivity contribution in [2.75, 3.05) is 12.3 Å². The Morgan fingerprint density at radius 2 is 2.20 bits per heavy atom. The van der Waals surface area contributed by atoms with Crippen LogP contribution in [0.4, 0.5) is 0 Å². The minimum absolute atomic E-state index is 0.723. The lowest BCUT2D eigenvalue weighted by molar-refractivity contribution is 0.553. The number of nitrogens with zero attached hydrogens (tertiary/aromatic N) is 4. The summed E-state index contributed by atoms with van der Waals surface area (Å²) in [5, 5.41) is 16.4. The normalized spacial score (nSPS) is 18.5. The van der Waals surface area contributed by atoms with E-state index in [1.807, 2.05) is 30.3 Å². The van der Waals surface area contributed by atoms with Crippen LogP contribution in [-0.2, 0) is 0 Å². The molecule has 0 spiro atoms. The molecule has 0 aliphatic carbocycles. The third-order valence-electron chi connectivity index (χ3n) is 3.53. The molecule has 2 aromatic rings. The fraction of sp³-hybridized carbons (Fsp3) is 0.500. The van der Waals surface area contributed by atoms with Crippen molar-refractivity contribution in [1.82, 2.24) is 25.5 Å². The van der Waals surface area contributed by atoms with Gasteiger partial charge in [0.2, 0.25) is 5.16 Å². The Kier molecular flexibility index (Phi) is 4.65. The molecule has 106 valence electrons. The Balaban J connectivity index is 1.52. The predicted octanol–water partition coefficient (Wildman–Crippen LogP) is 2.29. The molecule has 1 saturated heterocycles. The van der Waals surface area contributed by atoms with E-state index in [1.165, 1.54) is 32.2 Å². The first kappa shape index (κ1) is 13.6. The zero-order valence-corrected chi connectivity index (χ0v) is 12.2. The Labute approximate surface area is 123 Å². The number of nitrogens with one attached hydrogen (secondary N) is 1.